The molecule has 0 aliphatic carbocycles. The summed E-state index contributed by atoms with van der Waals surface area (Å²) in [5.74, 6) is 0.298. The zero-order valence-electron chi connectivity index (χ0n) is 10.1. The zero-order chi connectivity index (χ0) is 12.1. The van der Waals surface area contributed by atoms with E-state index < -0.39 is 0 Å². The lowest BCUT2D eigenvalue weighted by molar-refractivity contribution is 0.0925. The Bertz CT molecular complexity index is 421. The van der Waals surface area contributed by atoms with Crippen LogP contribution in [0.15, 0.2) is 28.4 Å². The fourth-order valence-corrected chi connectivity index (χ4v) is 1.92. The third kappa shape index (κ3) is 3.20. The van der Waals surface area contributed by atoms with Crippen LogP contribution in [0.1, 0.15) is 29.0 Å². The van der Waals surface area contributed by atoms with Gasteiger partial charge in [0.1, 0.15) is 0 Å². The van der Waals surface area contributed by atoms with Crippen molar-refractivity contribution in [2.75, 3.05) is 19.6 Å². The number of aryl methyl sites for hydroxylation is 1. The number of hydrogen-bond acceptors (Lipinski definition) is 3. The summed E-state index contributed by atoms with van der Waals surface area (Å²) in [6, 6.07) is 1.80. The lowest BCUT2D eigenvalue weighted by Gasteiger charge is -2.13. The molecule has 1 aromatic rings. The molecule has 2 rings (SSSR count). The molecule has 0 radical (unpaired) electrons. The first-order chi connectivity index (χ1) is 8.27. The Morgan fingerprint density at radius 1 is 1.59 bits per heavy atom. The second-order valence-corrected chi connectivity index (χ2v) is 4.26. The van der Waals surface area contributed by atoms with Crippen molar-refractivity contribution in [3.05, 3.63) is 35.3 Å². The van der Waals surface area contributed by atoms with Gasteiger partial charge in [-0.05, 0) is 32.4 Å². The molecule has 4 nitrogen and oxygen atoms in total. The molecule has 0 fully saturated rings. The van der Waals surface area contributed by atoms with Gasteiger partial charge in [0.05, 0.1) is 6.26 Å². The summed E-state index contributed by atoms with van der Waals surface area (Å²) in [5, 5.41) is 6.14. The Hall–Kier alpha value is -1.55. The van der Waals surface area contributed by atoms with Crippen molar-refractivity contribution in [1.82, 2.24) is 10.6 Å². The first-order valence-corrected chi connectivity index (χ1v) is 5.98. The molecule has 17 heavy (non-hydrogen) atoms. The van der Waals surface area contributed by atoms with Crippen molar-refractivity contribution in [1.29, 1.82) is 0 Å². The molecule has 92 valence electrons. The number of amides is 1. The van der Waals surface area contributed by atoms with Gasteiger partial charge in [-0.2, -0.15) is 0 Å². The first-order valence-electron chi connectivity index (χ1n) is 5.98. The highest BCUT2D eigenvalue weighted by Crippen LogP contribution is 2.10. The summed E-state index contributed by atoms with van der Waals surface area (Å²) in [5.41, 5.74) is 2.30. The first kappa shape index (κ1) is 11.9. The van der Waals surface area contributed by atoms with E-state index in [1.165, 1.54) is 5.57 Å². The van der Waals surface area contributed by atoms with Crippen LogP contribution in [-0.2, 0) is 0 Å². The topological polar surface area (TPSA) is 54.3 Å². The number of furan rings is 1. The predicted molar refractivity (Wildman–Crippen MR) is 66.0 cm³/mol. The van der Waals surface area contributed by atoms with Crippen molar-refractivity contribution in [3.63, 3.8) is 0 Å². The Balaban J connectivity index is 1.77. The van der Waals surface area contributed by atoms with Crippen molar-refractivity contribution in [2.45, 2.75) is 19.8 Å². The van der Waals surface area contributed by atoms with Crippen molar-refractivity contribution >= 4 is 5.91 Å². The van der Waals surface area contributed by atoms with Crippen molar-refractivity contribution in [2.24, 2.45) is 0 Å². The van der Waals surface area contributed by atoms with Gasteiger partial charge in [0.25, 0.3) is 5.91 Å². The number of carbonyl (C=O) groups excluding carboxylic acids is 1. The summed E-state index contributed by atoms with van der Waals surface area (Å²) in [6.45, 7) is 4.52. The molecular formula is C13H18N2O2. The van der Waals surface area contributed by atoms with E-state index in [-0.39, 0.29) is 5.91 Å². The lowest BCUT2D eigenvalue weighted by atomic mass is 10.1. The molecule has 0 saturated carbocycles. The second kappa shape index (κ2) is 5.68. The number of rotatable bonds is 4. The molecule has 0 atom stereocenters. The molecule has 0 bridgehead atoms. The molecule has 1 aliphatic heterocycles. The molecule has 4 heteroatoms. The summed E-state index contributed by atoms with van der Waals surface area (Å²) < 4.78 is 5.13. The largest absolute Gasteiger partial charge is 0.459 e. The maximum atomic E-state index is 11.7. The molecule has 0 saturated heterocycles. The van der Waals surface area contributed by atoms with Gasteiger partial charge in [0.2, 0.25) is 0 Å². The normalized spacial score (nSPS) is 15.5. The quantitative estimate of drug-likeness (QED) is 0.778. The average Bonchev–Trinajstić information content (AvgIpc) is 2.77. The smallest absolute Gasteiger partial charge is 0.287 e. The van der Waals surface area contributed by atoms with Gasteiger partial charge in [-0.25, -0.2) is 0 Å². The third-order valence-electron chi connectivity index (χ3n) is 2.96. The molecule has 1 amide bonds. The highest BCUT2D eigenvalue weighted by molar-refractivity contribution is 5.92. The molecular weight excluding hydrogens is 216 g/mol. The number of carbonyl (C=O) groups is 1. The average molecular weight is 234 g/mol. The van der Waals surface area contributed by atoms with Crippen molar-refractivity contribution in [3.8, 4) is 0 Å². The van der Waals surface area contributed by atoms with E-state index in [1.54, 1.807) is 12.3 Å². The molecule has 2 N–H and O–H groups in total. The second-order valence-electron chi connectivity index (χ2n) is 4.26. The van der Waals surface area contributed by atoms with Gasteiger partial charge in [0.15, 0.2) is 5.76 Å². The fourth-order valence-electron chi connectivity index (χ4n) is 1.92. The molecule has 0 unspecified atom stereocenters. The molecule has 2 heterocycles. The highest BCUT2D eigenvalue weighted by atomic mass is 16.3. The van der Waals surface area contributed by atoms with Crippen LogP contribution in [0, 0.1) is 6.92 Å². The van der Waals surface area contributed by atoms with Crippen LogP contribution in [0.5, 0.6) is 0 Å². The minimum absolute atomic E-state index is 0.123. The molecule has 0 aromatic carbocycles. The Morgan fingerprint density at radius 3 is 3.12 bits per heavy atom. The zero-order valence-corrected chi connectivity index (χ0v) is 10.1. The van der Waals surface area contributed by atoms with E-state index in [2.05, 4.69) is 16.7 Å². The lowest BCUT2D eigenvalue weighted by Crippen LogP contribution is -2.26. The summed E-state index contributed by atoms with van der Waals surface area (Å²) in [4.78, 5) is 11.7. The van der Waals surface area contributed by atoms with Gasteiger partial charge in [-0.1, -0.05) is 11.6 Å². The molecule has 1 aromatic heterocycles. The van der Waals surface area contributed by atoms with E-state index in [0.717, 1.165) is 31.5 Å². The summed E-state index contributed by atoms with van der Waals surface area (Å²) in [6.07, 6.45) is 5.75. The minimum Gasteiger partial charge on any atom is -0.459 e. The van der Waals surface area contributed by atoms with Crippen LogP contribution in [-0.4, -0.2) is 25.5 Å². The van der Waals surface area contributed by atoms with Crippen molar-refractivity contribution < 1.29 is 9.21 Å². The van der Waals surface area contributed by atoms with E-state index in [1.807, 2.05) is 6.92 Å². The number of hydrogen-bond donors (Lipinski definition) is 2. The van der Waals surface area contributed by atoms with Crippen LogP contribution in [0.3, 0.4) is 0 Å². The van der Waals surface area contributed by atoms with Gasteiger partial charge in [0, 0.05) is 18.7 Å². The van der Waals surface area contributed by atoms with E-state index in [4.69, 9.17) is 4.42 Å². The van der Waals surface area contributed by atoms with Crippen LogP contribution >= 0.6 is 0 Å². The van der Waals surface area contributed by atoms with Gasteiger partial charge in [-0.15, -0.1) is 0 Å². The van der Waals surface area contributed by atoms with E-state index in [0.29, 0.717) is 12.3 Å². The minimum atomic E-state index is -0.123. The Labute approximate surface area is 101 Å². The van der Waals surface area contributed by atoms with Gasteiger partial charge >= 0.3 is 0 Å². The van der Waals surface area contributed by atoms with E-state index >= 15 is 0 Å². The Morgan fingerprint density at radius 2 is 2.47 bits per heavy atom. The molecule has 0 spiro atoms. The van der Waals surface area contributed by atoms with Gasteiger partial charge < -0.3 is 15.1 Å². The molecule has 1 aliphatic rings. The predicted octanol–water partition coefficient (Wildman–Crippen LogP) is 1.63. The fraction of sp³-hybridized carbons (Fsp3) is 0.462. The van der Waals surface area contributed by atoms with Gasteiger partial charge in [-0.3, -0.25) is 4.79 Å². The summed E-state index contributed by atoms with van der Waals surface area (Å²) in [7, 11) is 0. The standard InChI is InChI=1S/C13H18N2O2/c1-10-5-9-17-12(10)13(16)15-8-4-11-2-6-14-7-3-11/h2,5,9,14H,3-4,6-8H2,1H3,(H,15,16). The third-order valence-corrected chi connectivity index (χ3v) is 2.96. The van der Waals surface area contributed by atoms with Crippen LogP contribution < -0.4 is 10.6 Å². The highest BCUT2D eigenvalue weighted by Gasteiger charge is 2.12. The van der Waals surface area contributed by atoms with Crippen LogP contribution in [0.2, 0.25) is 0 Å². The van der Waals surface area contributed by atoms with Crippen LogP contribution in [0.25, 0.3) is 0 Å². The Kier molecular flexibility index (Phi) is 3.98. The number of nitrogens with one attached hydrogen (secondary N) is 2. The SMILES string of the molecule is Cc1ccoc1C(=O)NCCC1=CCNCC1. The summed E-state index contributed by atoms with van der Waals surface area (Å²) >= 11 is 0. The van der Waals surface area contributed by atoms with E-state index in [9.17, 15) is 4.79 Å². The van der Waals surface area contributed by atoms with Crippen LogP contribution in [0.4, 0.5) is 0 Å². The maximum absolute atomic E-state index is 11.7. The monoisotopic (exact) mass is 234 g/mol. The maximum Gasteiger partial charge on any atom is 0.287 e.